The average molecular weight is 248 g/mol. The van der Waals surface area contributed by atoms with Crippen molar-refractivity contribution in [3.05, 3.63) is 42.0 Å². The van der Waals surface area contributed by atoms with Crippen LogP contribution < -0.4 is 0 Å². The van der Waals surface area contributed by atoms with Crippen LogP contribution in [0.4, 0.5) is 0 Å². The van der Waals surface area contributed by atoms with Gasteiger partial charge in [0, 0.05) is 0 Å². The molecule has 0 radical (unpaired) electrons. The Hall–Kier alpha value is -2.10. The third kappa shape index (κ3) is 3.45. The van der Waals surface area contributed by atoms with Gasteiger partial charge in [-0.05, 0) is 24.1 Å². The maximum Gasteiger partial charge on any atom is 0.338 e. The summed E-state index contributed by atoms with van der Waals surface area (Å²) in [4.78, 5) is 22.9. The number of benzene rings is 1. The van der Waals surface area contributed by atoms with Gasteiger partial charge in [0.25, 0.3) is 0 Å². The maximum atomic E-state index is 11.6. The predicted molar refractivity (Wildman–Crippen MR) is 68.1 cm³/mol. The van der Waals surface area contributed by atoms with E-state index in [1.807, 2.05) is 0 Å². The summed E-state index contributed by atoms with van der Waals surface area (Å²) in [5, 5.41) is 0. The molecule has 4 nitrogen and oxygen atoms in total. The van der Waals surface area contributed by atoms with Crippen molar-refractivity contribution < 1.29 is 19.1 Å². The number of hydrogen-bond acceptors (Lipinski definition) is 4. The molecular weight excluding hydrogens is 232 g/mol. The summed E-state index contributed by atoms with van der Waals surface area (Å²) in [5.74, 6) is -0.808. The highest BCUT2D eigenvalue weighted by Gasteiger charge is 2.15. The Morgan fingerprint density at radius 3 is 2.39 bits per heavy atom. The fraction of sp³-hybridized carbons (Fsp3) is 0.286. The Labute approximate surface area is 106 Å². The van der Waals surface area contributed by atoms with Gasteiger partial charge in [-0.25, -0.2) is 4.79 Å². The highest BCUT2D eigenvalue weighted by molar-refractivity contribution is 5.97. The Bertz CT molecular complexity index is 463. The van der Waals surface area contributed by atoms with Crippen molar-refractivity contribution >= 4 is 17.5 Å². The lowest BCUT2D eigenvalue weighted by Crippen LogP contribution is -2.08. The zero-order valence-corrected chi connectivity index (χ0v) is 10.6. The van der Waals surface area contributed by atoms with E-state index >= 15 is 0 Å². The van der Waals surface area contributed by atoms with Gasteiger partial charge in [0.2, 0.25) is 0 Å². The van der Waals surface area contributed by atoms with Gasteiger partial charge in [-0.3, -0.25) is 4.79 Å². The molecule has 0 atom stereocenters. The summed E-state index contributed by atoms with van der Waals surface area (Å²) < 4.78 is 9.53. The molecule has 0 bridgehead atoms. The van der Waals surface area contributed by atoms with Crippen LogP contribution in [-0.4, -0.2) is 25.7 Å². The third-order valence-corrected chi connectivity index (χ3v) is 2.38. The van der Waals surface area contributed by atoms with Crippen molar-refractivity contribution in [1.82, 2.24) is 0 Å². The minimum Gasteiger partial charge on any atom is -0.466 e. The van der Waals surface area contributed by atoms with Crippen molar-refractivity contribution in [2.45, 2.75) is 13.3 Å². The van der Waals surface area contributed by atoms with Crippen LogP contribution in [0.15, 0.2) is 30.8 Å². The molecule has 0 aliphatic rings. The van der Waals surface area contributed by atoms with E-state index in [1.54, 1.807) is 31.2 Å². The lowest BCUT2D eigenvalue weighted by atomic mass is 9.99. The van der Waals surface area contributed by atoms with Crippen LogP contribution in [-0.2, 0) is 14.3 Å². The second-order valence-electron chi connectivity index (χ2n) is 3.62. The molecule has 1 aromatic rings. The van der Waals surface area contributed by atoms with E-state index in [0.717, 1.165) is 0 Å². The molecular formula is C14H16O4. The van der Waals surface area contributed by atoms with E-state index in [2.05, 4.69) is 11.3 Å². The molecule has 96 valence electrons. The van der Waals surface area contributed by atoms with Gasteiger partial charge in [0.15, 0.2) is 0 Å². The van der Waals surface area contributed by atoms with Crippen LogP contribution in [0.2, 0.25) is 0 Å². The lowest BCUT2D eigenvalue weighted by molar-refractivity contribution is -0.141. The standard InChI is InChI=1S/C14H16O4/c1-4-18-13(15)9-10(2)11-7-5-6-8-12(11)14(16)17-3/h5-8H,2,4,9H2,1,3H3. The summed E-state index contributed by atoms with van der Waals surface area (Å²) in [6.45, 7) is 5.88. The summed E-state index contributed by atoms with van der Waals surface area (Å²) in [7, 11) is 1.31. The molecule has 0 amide bonds. The van der Waals surface area contributed by atoms with Crippen LogP contribution in [0, 0.1) is 0 Å². The predicted octanol–water partition coefficient (Wildman–Crippen LogP) is 2.44. The fourth-order valence-corrected chi connectivity index (χ4v) is 1.56. The van der Waals surface area contributed by atoms with Crippen molar-refractivity contribution in [2.24, 2.45) is 0 Å². The number of ether oxygens (including phenoxy) is 2. The highest BCUT2D eigenvalue weighted by atomic mass is 16.5. The first-order valence-corrected chi connectivity index (χ1v) is 5.61. The van der Waals surface area contributed by atoms with Gasteiger partial charge in [-0.2, -0.15) is 0 Å². The number of methoxy groups -OCH3 is 1. The van der Waals surface area contributed by atoms with Gasteiger partial charge in [0.1, 0.15) is 0 Å². The van der Waals surface area contributed by atoms with Gasteiger partial charge in [-0.15, -0.1) is 0 Å². The topological polar surface area (TPSA) is 52.6 Å². The fourth-order valence-electron chi connectivity index (χ4n) is 1.56. The monoisotopic (exact) mass is 248 g/mol. The average Bonchev–Trinajstić information content (AvgIpc) is 2.38. The third-order valence-electron chi connectivity index (χ3n) is 2.38. The molecule has 0 spiro atoms. The molecule has 4 heteroatoms. The zero-order valence-electron chi connectivity index (χ0n) is 10.6. The Morgan fingerprint density at radius 1 is 1.22 bits per heavy atom. The number of esters is 2. The summed E-state index contributed by atoms with van der Waals surface area (Å²) in [5.41, 5.74) is 1.54. The van der Waals surface area contributed by atoms with Crippen molar-refractivity contribution in [3.63, 3.8) is 0 Å². The van der Waals surface area contributed by atoms with Crippen LogP contribution in [0.1, 0.15) is 29.3 Å². The number of hydrogen-bond donors (Lipinski definition) is 0. The van der Waals surface area contributed by atoms with E-state index in [0.29, 0.717) is 23.3 Å². The minimum atomic E-state index is -0.449. The quantitative estimate of drug-likeness (QED) is 0.751. The van der Waals surface area contributed by atoms with E-state index in [1.165, 1.54) is 7.11 Å². The van der Waals surface area contributed by atoms with Gasteiger partial charge >= 0.3 is 11.9 Å². The second-order valence-corrected chi connectivity index (χ2v) is 3.62. The maximum absolute atomic E-state index is 11.6. The van der Waals surface area contributed by atoms with E-state index in [4.69, 9.17) is 4.74 Å². The molecule has 1 rings (SSSR count). The Morgan fingerprint density at radius 2 is 1.83 bits per heavy atom. The number of carbonyl (C=O) groups excluding carboxylic acids is 2. The van der Waals surface area contributed by atoms with Crippen LogP contribution in [0.25, 0.3) is 5.57 Å². The minimum absolute atomic E-state index is 0.0574. The molecule has 0 saturated heterocycles. The summed E-state index contributed by atoms with van der Waals surface area (Å²) >= 11 is 0. The van der Waals surface area contributed by atoms with E-state index in [9.17, 15) is 9.59 Å². The van der Waals surface area contributed by atoms with Gasteiger partial charge in [0.05, 0.1) is 25.7 Å². The normalized spacial score (nSPS) is 9.67. The van der Waals surface area contributed by atoms with Gasteiger partial charge in [-0.1, -0.05) is 24.8 Å². The van der Waals surface area contributed by atoms with Crippen LogP contribution >= 0.6 is 0 Å². The van der Waals surface area contributed by atoms with Crippen molar-refractivity contribution in [3.8, 4) is 0 Å². The molecule has 0 heterocycles. The zero-order chi connectivity index (χ0) is 13.5. The lowest BCUT2D eigenvalue weighted by Gasteiger charge is -2.10. The van der Waals surface area contributed by atoms with Crippen LogP contribution in [0.5, 0.6) is 0 Å². The second kappa shape index (κ2) is 6.59. The number of rotatable bonds is 5. The highest BCUT2D eigenvalue weighted by Crippen LogP contribution is 2.21. The molecule has 0 saturated carbocycles. The smallest absolute Gasteiger partial charge is 0.338 e. The summed E-state index contributed by atoms with van der Waals surface area (Å²) in [6, 6.07) is 6.87. The molecule has 0 N–H and O–H groups in total. The van der Waals surface area contributed by atoms with Crippen molar-refractivity contribution in [2.75, 3.05) is 13.7 Å². The first-order valence-electron chi connectivity index (χ1n) is 5.61. The summed E-state index contributed by atoms with van der Waals surface area (Å²) in [6.07, 6.45) is 0.0574. The van der Waals surface area contributed by atoms with Crippen molar-refractivity contribution in [1.29, 1.82) is 0 Å². The molecule has 0 aliphatic heterocycles. The first-order chi connectivity index (χ1) is 8.60. The van der Waals surface area contributed by atoms with E-state index in [-0.39, 0.29) is 12.4 Å². The molecule has 0 unspecified atom stereocenters. The Balaban J connectivity index is 2.92. The largest absolute Gasteiger partial charge is 0.466 e. The van der Waals surface area contributed by atoms with E-state index < -0.39 is 5.97 Å². The molecule has 0 fully saturated rings. The SMILES string of the molecule is C=C(CC(=O)OCC)c1ccccc1C(=O)OC. The Kier molecular flexibility index (Phi) is 5.11. The molecule has 0 aliphatic carbocycles. The molecule has 18 heavy (non-hydrogen) atoms. The van der Waals surface area contributed by atoms with Crippen LogP contribution in [0.3, 0.4) is 0 Å². The molecule has 0 aromatic heterocycles. The first kappa shape index (κ1) is 14.0. The molecule has 1 aromatic carbocycles. The van der Waals surface area contributed by atoms with Gasteiger partial charge < -0.3 is 9.47 Å². The number of carbonyl (C=O) groups is 2.